The Morgan fingerprint density at radius 1 is 1.04 bits per heavy atom. The van der Waals surface area contributed by atoms with E-state index in [-0.39, 0.29) is 0 Å². The quantitative estimate of drug-likeness (QED) is 0.778. The minimum atomic E-state index is 0.413. The number of nitrogens with one attached hydrogen (secondary N) is 1. The second-order valence-corrected chi connectivity index (χ2v) is 8.80. The summed E-state index contributed by atoms with van der Waals surface area (Å²) in [5, 5.41) is 3.82. The van der Waals surface area contributed by atoms with E-state index in [9.17, 15) is 0 Å². The molecule has 3 aliphatic rings. The number of anilines is 1. The lowest BCUT2D eigenvalue weighted by atomic mass is 9.86. The summed E-state index contributed by atoms with van der Waals surface area (Å²) in [5.74, 6) is 0.413. The van der Waals surface area contributed by atoms with Crippen LogP contribution in [-0.4, -0.2) is 31.8 Å². The Balaban J connectivity index is 1.56. The minimum Gasteiger partial charge on any atom is -0.378 e. The molecule has 0 aromatic heterocycles. The van der Waals surface area contributed by atoms with Crippen molar-refractivity contribution in [2.24, 2.45) is 0 Å². The van der Waals surface area contributed by atoms with E-state index in [4.69, 9.17) is 4.74 Å². The molecule has 0 aliphatic carbocycles. The summed E-state index contributed by atoms with van der Waals surface area (Å²) in [7, 11) is 0. The number of piperidine rings is 1. The lowest BCUT2D eigenvalue weighted by molar-refractivity contribution is -0.0118. The van der Waals surface area contributed by atoms with Gasteiger partial charge in [-0.15, -0.1) is 0 Å². The molecule has 26 heavy (non-hydrogen) atoms. The average Bonchev–Trinajstić information content (AvgIpc) is 2.73. The molecule has 2 aromatic rings. The molecule has 2 saturated heterocycles. The van der Waals surface area contributed by atoms with Gasteiger partial charge >= 0.3 is 0 Å². The highest BCUT2D eigenvalue weighted by Crippen LogP contribution is 2.47. The van der Waals surface area contributed by atoms with Crippen LogP contribution in [0.15, 0.2) is 46.9 Å². The largest absolute Gasteiger partial charge is 0.378 e. The molecule has 2 aromatic carbocycles. The summed E-state index contributed by atoms with van der Waals surface area (Å²) in [4.78, 5) is 2.65. The van der Waals surface area contributed by atoms with E-state index in [1.54, 1.807) is 0 Å². The van der Waals surface area contributed by atoms with E-state index in [0.29, 0.717) is 24.0 Å². The third kappa shape index (κ3) is 2.79. The molecule has 0 amide bonds. The van der Waals surface area contributed by atoms with Crippen molar-refractivity contribution in [3.05, 3.63) is 63.6 Å². The smallest absolute Gasteiger partial charge is 0.0643 e. The van der Waals surface area contributed by atoms with Gasteiger partial charge in [-0.1, -0.05) is 47.1 Å². The van der Waals surface area contributed by atoms with Crippen LogP contribution in [0.25, 0.3) is 0 Å². The molecule has 136 valence electrons. The maximum absolute atomic E-state index is 5.35. The number of nitrogens with zero attached hydrogens (tertiary/aromatic N) is 1. The van der Waals surface area contributed by atoms with E-state index < -0.39 is 0 Å². The van der Waals surface area contributed by atoms with Gasteiger partial charge in [0.05, 0.1) is 25.3 Å². The first kappa shape index (κ1) is 16.8. The molecule has 0 radical (unpaired) electrons. The molecular weight excluding hydrogens is 388 g/mol. The van der Waals surface area contributed by atoms with Crippen molar-refractivity contribution in [3.63, 3.8) is 0 Å². The number of fused-ring (bicyclic) bond motifs is 5. The van der Waals surface area contributed by atoms with Crippen LogP contribution >= 0.6 is 15.9 Å². The highest BCUT2D eigenvalue weighted by atomic mass is 79.9. The van der Waals surface area contributed by atoms with Gasteiger partial charge in [0.1, 0.15) is 0 Å². The first-order valence-corrected chi connectivity index (χ1v) is 10.5. The van der Waals surface area contributed by atoms with E-state index in [1.807, 2.05) is 0 Å². The van der Waals surface area contributed by atoms with Crippen molar-refractivity contribution in [1.29, 1.82) is 0 Å². The van der Waals surface area contributed by atoms with Gasteiger partial charge in [0.2, 0.25) is 0 Å². The second-order valence-electron chi connectivity index (χ2n) is 7.89. The van der Waals surface area contributed by atoms with Crippen molar-refractivity contribution in [2.45, 2.75) is 43.8 Å². The van der Waals surface area contributed by atoms with E-state index in [2.05, 4.69) is 75.5 Å². The van der Waals surface area contributed by atoms with Gasteiger partial charge in [-0.25, -0.2) is 0 Å². The van der Waals surface area contributed by atoms with E-state index in [1.165, 1.54) is 33.3 Å². The van der Waals surface area contributed by atoms with E-state index >= 15 is 0 Å². The maximum atomic E-state index is 5.35. The zero-order valence-electron chi connectivity index (χ0n) is 15.1. The van der Waals surface area contributed by atoms with Crippen LogP contribution in [-0.2, 0) is 4.74 Å². The topological polar surface area (TPSA) is 24.5 Å². The Labute approximate surface area is 163 Å². The van der Waals surface area contributed by atoms with Gasteiger partial charge < -0.3 is 15.0 Å². The molecule has 1 N–H and O–H groups in total. The number of hydrogen-bond donors (Lipinski definition) is 1. The Kier molecular flexibility index (Phi) is 4.30. The molecule has 0 spiro atoms. The van der Waals surface area contributed by atoms with Crippen molar-refractivity contribution in [3.8, 4) is 0 Å². The Morgan fingerprint density at radius 2 is 1.85 bits per heavy atom. The summed E-state index contributed by atoms with van der Waals surface area (Å²) < 4.78 is 6.52. The molecule has 3 atom stereocenters. The number of hydrogen-bond acceptors (Lipinski definition) is 3. The Bertz CT molecular complexity index is 820. The summed E-state index contributed by atoms with van der Waals surface area (Å²) in [6.45, 7) is 5.19. The first-order chi connectivity index (χ1) is 12.7. The molecule has 4 heteroatoms. The molecule has 0 saturated carbocycles. The highest BCUT2D eigenvalue weighted by Gasteiger charge is 2.37. The summed E-state index contributed by atoms with van der Waals surface area (Å²) in [5.41, 5.74) is 5.83. The molecule has 5 rings (SSSR count). The Hall–Kier alpha value is -1.36. The lowest BCUT2D eigenvalue weighted by Gasteiger charge is -2.43. The number of rotatable bonds is 2. The monoisotopic (exact) mass is 412 g/mol. The van der Waals surface area contributed by atoms with Crippen LogP contribution in [0.1, 0.15) is 48.4 Å². The molecular formula is C22H25BrN2O. The van der Waals surface area contributed by atoms with Crippen molar-refractivity contribution in [1.82, 2.24) is 5.32 Å². The van der Waals surface area contributed by atoms with Crippen LogP contribution in [0.5, 0.6) is 0 Å². The first-order valence-electron chi connectivity index (χ1n) is 9.69. The van der Waals surface area contributed by atoms with Crippen LogP contribution in [0, 0.1) is 0 Å². The van der Waals surface area contributed by atoms with Crippen LogP contribution in [0.3, 0.4) is 0 Å². The number of benzene rings is 2. The van der Waals surface area contributed by atoms with Gasteiger partial charge in [0.15, 0.2) is 0 Å². The number of halogens is 1. The summed E-state index contributed by atoms with van der Waals surface area (Å²) >= 11 is 3.68. The zero-order chi connectivity index (χ0) is 17.7. The predicted molar refractivity (Wildman–Crippen MR) is 109 cm³/mol. The fourth-order valence-electron chi connectivity index (χ4n) is 4.88. The number of ether oxygens (including phenoxy) is 1. The van der Waals surface area contributed by atoms with Crippen molar-refractivity contribution < 1.29 is 4.74 Å². The van der Waals surface area contributed by atoms with Crippen LogP contribution < -0.4 is 10.2 Å². The molecule has 1 unspecified atom stereocenters. The molecule has 0 bridgehead atoms. The van der Waals surface area contributed by atoms with E-state index in [0.717, 1.165) is 26.2 Å². The standard InChI is InChI=1S/C22H25BrN2O/c1-14-18-4-2-3-5-19(18)22-11-16(24-17-12-26-13-17)8-9-25(22)21-7-6-15(23)10-20(14)21/h2-7,10,14,16-17,22,24H,8-9,11-13H2,1H3/t14-,16?,22-/m0/s1. The van der Waals surface area contributed by atoms with Crippen LogP contribution in [0.4, 0.5) is 5.69 Å². The third-order valence-electron chi connectivity index (χ3n) is 6.30. The average molecular weight is 413 g/mol. The molecule has 2 fully saturated rings. The van der Waals surface area contributed by atoms with Crippen LogP contribution in [0.2, 0.25) is 0 Å². The fraction of sp³-hybridized carbons (Fsp3) is 0.455. The molecule has 3 aliphatic heterocycles. The van der Waals surface area contributed by atoms with Gasteiger partial charge in [0, 0.05) is 28.7 Å². The minimum absolute atomic E-state index is 0.413. The predicted octanol–water partition coefficient (Wildman–Crippen LogP) is 4.61. The fourth-order valence-corrected chi connectivity index (χ4v) is 5.25. The van der Waals surface area contributed by atoms with Gasteiger partial charge in [-0.05, 0) is 47.7 Å². The highest BCUT2D eigenvalue weighted by molar-refractivity contribution is 9.10. The maximum Gasteiger partial charge on any atom is 0.0643 e. The summed E-state index contributed by atoms with van der Waals surface area (Å²) in [6, 6.07) is 17.4. The zero-order valence-corrected chi connectivity index (χ0v) is 16.7. The molecule has 3 heterocycles. The second kappa shape index (κ2) is 6.66. The third-order valence-corrected chi connectivity index (χ3v) is 6.79. The summed E-state index contributed by atoms with van der Waals surface area (Å²) in [6.07, 6.45) is 2.36. The van der Waals surface area contributed by atoms with Crippen molar-refractivity contribution >= 4 is 21.6 Å². The molecule has 3 nitrogen and oxygen atoms in total. The van der Waals surface area contributed by atoms with Gasteiger partial charge in [-0.3, -0.25) is 0 Å². The SMILES string of the molecule is C[C@H]1c2ccccc2[C@@H]2CC(NC3COC3)CCN2c2ccc(Br)cc21. The van der Waals surface area contributed by atoms with Gasteiger partial charge in [0.25, 0.3) is 0 Å². The van der Waals surface area contributed by atoms with Gasteiger partial charge in [-0.2, -0.15) is 0 Å². The normalized spacial score (nSPS) is 27.8. The Morgan fingerprint density at radius 3 is 2.62 bits per heavy atom. The lowest BCUT2D eigenvalue weighted by Crippen LogP contribution is -2.54. The van der Waals surface area contributed by atoms with Crippen molar-refractivity contribution in [2.75, 3.05) is 24.7 Å².